The Kier molecular flexibility index (Phi) is 7.28. The summed E-state index contributed by atoms with van der Waals surface area (Å²) < 4.78 is 6.43. The lowest BCUT2D eigenvalue weighted by Gasteiger charge is -2.33. The van der Waals surface area contributed by atoms with Crippen LogP contribution in [0.1, 0.15) is 56.6 Å². The van der Waals surface area contributed by atoms with E-state index < -0.39 is 23.5 Å². The standard InChI is InChI=1S/C26H37N3O5/c1-4-13-27-23(31)19-18-11-12-26(34-18)20(19)25(33)29(14-6-5-7-15-30)22(26)24(32)28-21-16(2)9-8-10-17(21)3/h8-10,18-20,22,30H,4-7,11-15H2,1-3H3,(H,27,31)(H,28,32)/t18-,19+,20-,22?,26?/m0/s1. The maximum Gasteiger partial charge on any atom is 0.250 e. The van der Waals surface area contributed by atoms with Crippen molar-refractivity contribution in [1.29, 1.82) is 0 Å². The number of aryl methyl sites for hydroxylation is 2. The fourth-order valence-electron chi connectivity index (χ4n) is 6.13. The SMILES string of the molecule is CCCNC(=O)[C@@H]1[C@@H]2CCC3(O2)C(C(=O)Nc2c(C)cccc2C)N(CCCCCO)C(=O)[C@H]13. The fraction of sp³-hybridized carbons (Fsp3) is 0.654. The topological polar surface area (TPSA) is 108 Å². The number of unbranched alkanes of at least 4 members (excludes halogenated alkanes) is 2. The first-order valence-corrected chi connectivity index (χ1v) is 12.6. The van der Waals surface area contributed by atoms with Crippen LogP contribution in [0.5, 0.6) is 0 Å². The minimum absolute atomic E-state index is 0.0987. The number of anilines is 1. The van der Waals surface area contributed by atoms with Crippen LogP contribution < -0.4 is 10.6 Å². The molecule has 5 atom stereocenters. The van der Waals surface area contributed by atoms with E-state index in [4.69, 9.17) is 9.84 Å². The van der Waals surface area contributed by atoms with E-state index in [0.29, 0.717) is 38.8 Å². The van der Waals surface area contributed by atoms with Gasteiger partial charge in [-0.3, -0.25) is 14.4 Å². The number of ether oxygens (including phenoxy) is 1. The molecule has 4 rings (SSSR count). The van der Waals surface area contributed by atoms with Gasteiger partial charge in [-0.2, -0.15) is 0 Å². The molecule has 3 N–H and O–H groups in total. The van der Waals surface area contributed by atoms with Crippen molar-refractivity contribution in [3.63, 3.8) is 0 Å². The lowest BCUT2D eigenvalue weighted by atomic mass is 9.70. The Balaban J connectivity index is 1.65. The van der Waals surface area contributed by atoms with Crippen molar-refractivity contribution in [2.75, 3.05) is 25.0 Å². The Morgan fingerprint density at radius 3 is 2.59 bits per heavy atom. The maximum atomic E-state index is 13.8. The first-order valence-electron chi connectivity index (χ1n) is 12.6. The zero-order chi connectivity index (χ0) is 24.5. The van der Waals surface area contributed by atoms with E-state index in [1.807, 2.05) is 39.0 Å². The predicted octanol–water partition coefficient (Wildman–Crippen LogP) is 2.31. The van der Waals surface area contributed by atoms with Gasteiger partial charge in [0.15, 0.2) is 0 Å². The molecule has 0 saturated carbocycles. The zero-order valence-corrected chi connectivity index (χ0v) is 20.4. The van der Waals surface area contributed by atoms with Crippen molar-refractivity contribution >= 4 is 23.4 Å². The lowest BCUT2D eigenvalue weighted by molar-refractivity contribution is -0.140. The number of fused-ring (bicyclic) bond motifs is 1. The summed E-state index contributed by atoms with van der Waals surface area (Å²) in [6, 6.07) is 5.05. The Labute approximate surface area is 201 Å². The first kappa shape index (κ1) is 24.7. The van der Waals surface area contributed by atoms with Crippen LogP contribution >= 0.6 is 0 Å². The van der Waals surface area contributed by atoms with E-state index in [0.717, 1.165) is 29.7 Å². The normalized spacial score (nSPS) is 29.4. The Morgan fingerprint density at radius 2 is 1.91 bits per heavy atom. The molecule has 0 aromatic heterocycles. The van der Waals surface area contributed by atoms with Gasteiger partial charge in [0.1, 0.15) is 11.6 Å². The van der Waals surface area contributed by atoms with Gasteiger partial charge in [-0.15, -0.1) is 0 Å². The molecule has 34 heavy (non-hydrogen) atoms. The quantitative estimate of drug-likeness (QED) is 0.454. The highest BCUT2D eigenvalue weighted by Gasteiger charge is 2.74. The molecule has 3 aliphatic heterocycles. The van der Waals surface area contributed by atoms with Crippen molar-refractivity contribution < 1.29 is 24.2 Å². The smallest absolute Gasteiger partial charge is 0.250 e. The van der Waals surface area contributed by atoms with E-state index in [-0.39, 0.29) is 30.4 Å². The zero-order valence-electron chi connectivity index (χ0n) is 20.4. The van der Waals surface area contributed by atoms with E-state index in [2.05, 4.69) is 10.6 Å². The number of para-hydroxylation sites is 1. The molecule has 3 saturated heterocycles. The molecule has 186 valence electrons. The van der Waals surface area contributed by atoms with Gasteiger partial charge in [-0.25, -0.2) is 0 Å². The summed E-state index contributed by atoms with van der Waals surface area (Å²) in [4.78, 5) is 42.3. The first-order chi connectivity index (χ1) is 16.4. The molecule has 1 spiro atoms. The van der Waals surface area contributed by atoms with Crippen molar-refractivity contribution in [2.24, 2.45) is 11.8 Å². The molecule has 3 amide bonds. The Bertz CT molecular complexity index is 930. The summed E-state index contributed by atoms with van der Waals surface area (Å²) in [6.45, 7) is 6.93. The number of hydrogen-bond donors (Lipinski definition) is 3. The number of carbonyl (C=O) groups excluding carboxylic acids is 3. The number of hydrogen-bond acceptors (Lipinski definition) is 5. The van der Waals surface area contributed by atoms with Crippen LogP contribution in [0.4, 0.5) is 5.69 Å². The third kappa shape index (κ3) is 4.11. The number of rotatable bonds is 10. The highest BCUT2D eigenvalue weighted by Crippen LogP contribution is 2.58. The summed E-state index contributed by atoms with van der Waals surface area (Å²) in [5, 5.41) is 15.2. The number of benzene rings is 1. The molecule has 8 heteroatoms. The Hall–Kier alpha value is -2.45. The maximum absolute atomic E-state index is 13.8. The largest absolute Gasteiger partial charge is 0.396 e. The van der Waals surface area contributed by atoms with Gasteiger partial charge < -0.3 is 25.4 Å². The number of nitrogens with one attached hydrogen (secondary N) is 2. The molecular formula is C26H37N3O5. The second-order valence-electron chi connectivity index (χ2n) is 9.92. The lowest BCUT2D eigenvalue weighted by Crippen LogP contribution is -2.53. The molecule has 0 aliphatic carbocycles. The fourth-order valence-corrected chi connectivity index (χ4v) is 6.13. The third-order valence-corrected chi connectivity index (χ3v) is 7.69. The average Bonchev–Trinajstić information content (AvgIpc) is 3.45. The van der Waals surface area contributed by atoms with Crippen molar-refractivity contribution in [1.82, 2.24) is 10.2 Å². The monoisotopic (exact) mass is 471 g/mol. The molecule has 3 heterocycles. The second kappa shape index (κ2) is 10.0. The minimum Gasteiger partial charge on any atom is -0.396 e. The van der Waals surface area contributed by atoms with Gasteiger partial charge >= 0.3 is 0 Å². The number of carbonyl (C=O) groups is 3. The van der Waals surface area contributed by atoms with E-state index in [9.17, 15) is 14.4 Å². The molecular weight excluding hydrogens is 434 g/mol. The Morgan fingerprint density at radius 1 is 1.18 bits per heavy atom. The average molecular weight is 472 g/mol. The molecule has 1 aromatic rings. The van der Waals surface area contributed by atoms with Gasteiger partial charge in [-0.05, 0) is 63.5 Å². The summed E-state index contributed by atoms with van der Waals surface area (Å²) in [6.07, 6.45) is 3.81. The van der Waals surface area contributed by atoms with Crippen LogP contribution in [-0.2, 0) is 19.1 Å². The summed E-state index contributed by atoms with van der Waals surface area (Å²) in [5.74, 6) is -1.78. The molecule has 8 nitrogen and oxygen atoms in total. The van der Waals surface area contributed by atoms with Crippen LogP contribution in [0.3, 0.4) is 0 Å². The van der Waals surface area contributed by atoms with Crippen LogP contribution in [0.2, 0.25) is 0 Å². The summed E-state index contributed by atoms with van der Waals surface area (Å²) in [7, 11) is 0. The highest BCUT2D eigenvalue weighted by atomic mass is 16.5. The van der Waals surface area contributed by atoms with Crippen molar-refractivity contribution in [2.45, 2.75) is 77.0 Å². The number of likely N-dealkylation sites (tertiary alicyclic amines) is 1. The molecule has 0 radical (unpaired) electrons. The van der Waals surface area contributed by atoms with E-state index in [1.54, 1.807) is 4.90 Å². The molecule has 2 unspecified atom stereocenters. The van der Waals surface area contributed by atoms with Crippen LogP contribution in [0, 0.1) is 25.7 Å². The van der Waals surface area contributed by atoms with E-state index >= 15 is 0 Å². The number of aliphatic hydroxyl groups excluding tert-OH is 1. The number of amides is 3. The van der Waals surface area contributed by atoms with Crippen LogP contribution in [0.25, 0.3) is 0 Å². The molecule has 2 bridgehead atoms. The van der Waals surface area contributed by atoms with Crippen LogP contribution in [0.15, 0.2) is 18.2 Å². The molecule has 3 aliphatic rings. The van der Waals surface area contributed by atoms with Gasteiger partial charge in [-0.1, -0.05) is 25.1 Å². The van der Waals surface area contributed by atoms with Gasteiger partial charge in [0, 0.05) is 25.4 Å². The highest BCUT2D eigenvalue weighted by molar-refractivity contribution is 6.04. The molecule has 3 fully saturated rings. The van der Waals surface area contributed by atoms with Crippen molar-refractivity contribution in [3.8, 4) is 0 Å². The number of nitrogens with zero attached hydrogens (tertiary/aromatic N) is 1. The van der Waals surface area contributed by atoms with Gasteiger partial charge in [0.2, 0.25) is 17.7 Å². The summed E-state index contributed by atoms with van der Waals surface area (Å²) in [5.41, 5.74) is 1.68. The van der Waals surface area contributed by atoms with E-state index in [1.165, 1.54) is 0 Å². The predicted molar refractivity (Wildman–Crippen MR) is 128 cm³/mol. The van der Waals surface area contributed by atoms with Gasteiger partial charge in [0.05, 0.1) is 17.9 Å². The van der Waals surface area contributed by atoms with Gasteiger partial charge in [0.25, 0.3) is 0 Å². The molecule has 1 aromatic carbocycles. The third-order valence-electron chi connectivity index (χ3n) is 7.69. The van der Waals surface area contributed by atoms with Crippen molar-refractivity contribution in [3.05, 3.63) is 29.3 Å². The second-order valence-corrected chi connectivity index (χ2v) is 9.92. The summed E-state index contributed by atoms with van der Waals surface area (Å²) >= 11 is 0. The number of aliphatic hydroxyl groups is 1. The van der Waals surface area contributed by atoms with Crippen LogP contribution in [-0.4, -0.2) is 65.2 Å². The minimum atomic E-state index is -0.979.